The van der Waals surface area contributed by atoms with Gasteiger partial charge in [0.2, 0.25) is 0 Å². The van der Waals surface area contributed by atoms with Gasteiger partial charge in [-0.1, -0.05) is 308 Å². The van der Waals surface area contributed by atoms with Gasteiger partial charge in [-0.25, -0.2) is 4.57 Å². The van der Waals surface area contributed by atoms with Crippen molar-refractivity contribution in [2.24, 2.45) is 5.73 Å². The number of esters is 2. The van der Waals surface area contributed by atoms with Gasteiger partial charge in [-0.15, -0.1) is 0 Å². The molecule has 2 atom stereocenters. The van der Waals surface area contributed by atoms with Crippen LogP contribution in [-0.2, 0) is 32.7 Å². The predicted octanol–water partition coefficient (Wildman–Crippen LogP) is 22.9. The molecule has 0 saturated heterocycles. The summed E-state index contributed by atoms with van der Waals surface area (Å²) >= 11 is 0. The zero-order valence-electron chi connectivity index (χ0n) is 54.5. The van der Waals surface area contributed by atoms with E-state index in [9.17, 15) is 19.0 Å². The van der Waals surface area contributed by atoms with Gasteiger partial charge in [0.05, 0.1) is 13.2 Å². The fourth-order valence-electron chi connectivity index (χ4n) is 9.49. The van der Waals surface area contributed by atoms with E-state index in [2.05, 4.69) is 148 Å². The van der Waals surface area contributed by atoms with Crippen LogP contribution in [0, 0.1) is 0 Å². The first-order valence-corrected chi connectivity index (χ1v) is 36.2. The molecule has 0 aromatic heterocycles. The topological polar surface area (TPSA) is 134 Å². The summed E-state index contributed by atoms with van der Waals surface area (Å²) in [5, 5.41) is 0. The number of unbranched alkanes of at least 4 members (excludes halogenated alkanes) is 29. The second-order valence-electron chi connectivity index (χ2n) is 22.6. The SMILES string of the molecule is CC/C=C\C/C=C\C/C=C\C/C=C\C/C=C\C/C=C\CCCCCCC(=O)OC(COC(=O)CCCCCCCCCCCCCCCCCCCCCCCCCCC/C=C\C/C=C\C/C=C\C/C=C\C/C=C\CC)COP(=O)(O)OCCN. The van der Waals surface area contributed by atoms with Gasteiger partial charge in [0, 0.05) is 19.4 Å². The first-order chi connectivity index (χ1) is 41.8. The van der Waals surface area contributed by atoms with Crippen molar-refractivity contribution < 1.29 is 37.6 Å². The molecule has 0 aliphatic rings. The number of hydrogen-bond acceptors (Lipinski definition) is 8. The van der Waals surface area contributed by atoms with E-state index in [1.165, 1.54) is 148 Å². The lowest BCUT2D eigenvalue weighted by Crippen LogP contribution is -2.29. The van der Waals surface area contributed by atoms with Crippen molar-refractivity contribution in [3.8, 4) is 0 Å². The Morgan fingerprint density at radius 1 is 0.353 bits per heavy atom. The van der Waals surface area contributed by atoms with Gasteiger partial charge in [-0.2, -0.15) is 0 Å². The van der Waals surface area contributed by atoms with E-state index in [0.29, 0.717) is 6.42 Å². The lowest BCUT2D eigenvalue weighted by molar-refractivity contribution is -0.161. The van der Waals surface area contributed by atoms with Gasteiger partial charge in [0.25, 0.3) is 0 Å². The number of ether oxygens (including phenoxy) is 2. The van der Waals surface area contributed by atoms with Crippen molar-refractivity contribution in [3.05, 3.63) is 134 Å². The standard InChI is InChI=1S/C75H128NO8P/c1-3-5-7-9-11-13-15-17-19-21-23-25-27-28-29-30-31-32-33-34-35-36-37-38-39-40-41-42-43-44-46-47-49-51-53-55-57-59-61-63-65-67-74(77)81-71-73(72-83-85(79,80)82-70-69-76)84-75(78)68-66-64-62-60-58-56-54-52-50-48-45-26-24-22-20-18-16-14-12-10-8-6-4-2/h5-8,11-14,17-20,23-26,28-29,48,50,54,56,73H,3-4,9-10,15-16,21-22,27,30-47,49,51-53,55,57-72,76H2,1-2H3,(H,79,80)/b7-5-,8-6-,13-11-,14-12-,19-17-,20-18-,25-23-,26-24-,29-28-,50-48-,56-54-. The summed E-state index contributed by atoms with van der Waals surface area (Å²) in [6.45, 7) is 3.50. The van der Waals surface area contributed by atoms with Gasteiger partial charge in [0.1, 0.15) is 6.61 Å². The molecule has 9 nitrogen and oxygen atoms in total. The molecule has 3 N–H and O–H groups in total. The molecule has 0 fully saturated rings. The van der Waals surface area contributed by atoms with E-state index in [0.717, 1.165) is 116 Å². The zero-order chi connectivity index (χ0) is 61.6. The number of carbonyl (C=O) groups is 2. The van der Waals surface area contributed by atoms with Gasteiger partial charge < -0.3 is 20.1 Å². The molecule has 486 valence electrons. The number of nitrogens with two attached hydrogens (primary N) is 1. The lowest BCUT2D eigenvalue weighted by Gasteiger charge is -2.19. The maximum atomic E-state index is 12.7. The van der Waals surface area contributed by atoms with Crippen molar-refractivity contribution >= 4 is 19.8 Å². The van der Waals surface area contributed by atoms with E-state index in [1.54, 1.807) is 0 Å². The van der Waals surface area contributed by atoms with Gasteiger partial charge in [-0.3, -0.25) is 18.6 Å². The lowest BCUT2D eigenvalue weighted by atomic mass is 10.0. The minimum atomic E-state index is -4.41. The number of carbonyl (C=O) groups excluding carboxylic acids is 2. The predicted molar refractivity (Wildman–Crippen MR) is 367 cm³/mol. The third-order valence-electron chi connectivity index (χ3n) is 14.5. The molecule has 0 saturated carbocycles. The van der Waals surface area contributed by atoms with Crippen molar-refractivity contribution in [2.45, 2.75) is 302 Å². The molecule has 0 aliphatic heterocycles. The van der Waals surface area contributed by atoms with Crippen LogP contribution in [0.15, 0.2) is 134 Å². The van der Waals surface area contributed by atoms with Crippen LogP contribution >= 0.6 is 7.82 Å². The molecular weight excluding hydrogens is 1070 g/mol. The maximum Gasteiger partial charge on any atom is 0.472 e. The maximum absolute atomic E-state index is 12.7. The van der Waals surface area contributed by atoms with Gasteiger partial charge in [-0.05, 0) is 109 Å². The Morgan fingerprint density at radius 3 is 0.906 bits per heavy atom. The van der Waals surface area contributed by atoms with Crippen LogP contribution < -0.4 is 5.73 Å². The molecule has 0 aromatic carbocycles. The summed E-state index contributed by atoms with van der Waals surface area (Å²) in [4.78, 5) is 35.3. The molecule has 10 heteroatoms. The van der Waals surface area contributed by atoms with Crippen molar-refractivity contribution in [3.63, 3.8) is 0 Å². The third-order valence-corrected chi connectivity index (χ3v) is 15.5. The van der Waals surface area contributed by atoms with Crippen LogP contribution in [0.3, 0.4) is 0 Å². The Balaban J connectivity index is 3.84. The first-order valence-electron chi connectivity index (χ1n) is 34.7. The highest BCUT2D eigenvalue weighted by Crippen LogP contribution is 2.43. The van der Waals surface area contributed by atoms with Crippen LogP contribution in [0.25, 0.3) is 0 Å². The Labute approximate surface area is 523 Å². The van der Waals surface area contributed by atoms with Crippen molar-refractivity contribution in [1.29, 1.82) is 0 Å². The monoisotopic (exact) mass is 1200 g/mol. The van der Waals surface area contributed by atoms with E-state index in [-0.39, 0.29) is 38.6 Å². The van der Waals surface area contributed by atoms with E-state index in [4.69, 9.17) is 24.3 Å². The molecule has 0 bridgehead atoms. The quantitative estimate of drug-likeness (QED) is 0.0264. The van der Waals surface area contributed by atoms with E-state index in [1.807, 2.05) is 0 Å². The molecule has 2 unspecified atom stereocenters. The molecule has 0 amide bonds. The Morgan fingerprint density at radius 2 is 0.612 bits per heavy atom. The molecular formula is C75H128NO8P. The molecule has 0 radical (unpaired) electrons. The number of phosphoric acid groups is 1. The molecule has 0 spiro atoms. The minimum absolute atomic E-state index is 0.0442. The van der Waals surface area contributed by atoms with Gasteiger partial charge >= 0.3 is 19.8 Å². The Kier molecular flexibility index (Phi) is 66.1. The molecule has 85 heavy (non-hydrogen) atoms. The summed E-state index contributed by atoms with van der Waals surface area (Å²) in [6, 6.07) is 0. The largest absolute Gasteiger partial charge is 0.472 e. The van der Waals surface area contributed by atoms with Gasteiger partial charge in [0.15, 0.2) is 6.10 Å². The van der Waals surface area contributed by atoms with Crippen LogP contribution in [0.1, 0.15) is 296 Å². The van der Waals surface area contributed by atoms with Crippen LogP contribution in [0.4, 0.5) is 0 Å². The van der Waals surface area contributed by atoms with Crippen LogP contribution in [0.5, 0.6) is 0 Å². The molecule has 0 aromatic rings. The van der Waals surface area contributed by atoms with E-state index >= 15 is 0 Å². The Bertz CT molecular complexity index is 1860. The fourth-order valence-corrected chi connectivity index (χ4v) is 10.3. The average molecular weight is 1200 g/mol. The summed E-state index contributed by atoms with van der Waals surface area (Å²) in [7, 11) is -4.41. The van der Waals surface area contributed by atoms with Crippen molar-refractivity contribution in [2.75, 3.05) is 26.4 Å². The number of rotatable bonds is 64. The third kappa shape index (κ3) is 69.1. The zero-order valence-corrected chi connectivity index (χ0v) is 55.4. The molecule has 0 rings (SSSR count). The first kappa shape index (κ1) is 81.2. The average Bonchev–Trinajstić information content (AvgIpc) is 3.52. The molecule has 0 heterocycles. The highest BCUT2D eigenvalue weighted by molar-refractivity contribution is 7.47. The van der Waals surface area contributed by atoms with E-state index < -0.39 is 26.5 Å². The summed E-state index contributed by atoms with van der Waals surface area (Å²) < 4.78 is 33.1. The second-order valence-corrected chi connectivity index (χ2v) is 24.1. The smallest absolute Gasteiger partial charge is 0.462 e. The molecule has 0 aliphatic carbocycles. The Hall–Kier alpha value is -3.85. The second kappa shape index (κ2) is 69.3. The van der Waals surface area contributed by atoms with Crippen LogP contribution in [0.2, 0.25) is 0 Å². The summed E-state index contributed by atoms with van der Waals surface area (Å²) in [5.41, 5.74) is 5.39. The minimum Gasteiger partial charge on any atom is -0.462 e. The fraction of sp³-hybridized carbons (Fsp3) is 0.680. The summed E-state index contributed by atoms with van der Waals surface area (Å²) in [5.74, 6) is -0.854. The normalized spacial score (nSPS) is 13.8. The number of phosphoric ester groups is 1. The highest BCUT2D eigenvalue weighted by Gasteiger charge is 2.26. The number of allylic oxidation sites excluding steroid dienone is 22. The summed E-state index contributed by atoms with van der Waals surface area (Å²) in [6.07, 6.45) is 98.4. The number of hydrogen-bond donors (Lipinski definition) is 2. The van der Waals surface area contributed by atoms with Crippen molar-refractivity contribution in [1.82, 2.24) is 0 Å². The van der Waals surface area contributed by atoms with Crippen LogP contribution in [-0.4, -0.2) is 49.3 Å². The highest BCUT2D eigenvalue weighted by atomic mass is 31.2.